The van der Waals surface area contributed by atoms with Crippen molar-refractivity contribution < 1.29 is 35.5 Å². The van der Waals surface area contributed by atoms with Crippen molar-refractivity contribution in [2.45, 2.75) is 83.0 Å². The van der Waals surface area contributed by atoms with Crippen LogP contribution in [0.5, 0.6) is 0 Å². The van der Waals surface area contributed by atoms with E-state index in [4.69, 9.17) is 9.73 Å². The molecule has 330 valence electrons. The normalized spacial score (nSPS) is 16.0. The number of benzene rings is 3. The van der Waals surface area contributed by atoms with Gasteiger partial charge in [-0.05, 0) is 43.4 Å². The van der Waals surface area contributed by atoms with Gasteiger partial charge in [-0.1, -0.05) is 86.7 Å². The Morgan fingerprint density at radius 1 is 0.857 bits per heavy atom. The number of aliphatic imine (C=N–C) groups is 1. The zero-order valence-electron chi connectivity index (χ0n) is 34.6. The minimum Gasteiger partial charge on any atom is -0.380 e. The third-order valence-corrected chi connectivity index (χ3v) is 12.5. The van der Waals surface area contributed by atoms with Crippen molar-refractivity contribution in [3.63, 3.8) is 0 Å². The van der Waals surface area contributed by atoms with Crippen molar-refractivity contribution in [1.82, 2.24) is 24.3 Å². The second kappa shape index (κ2) is 18.4. The lowest BCUT2D eigenvalue weighted by atomic mass is 9.85. The predicted molar refractivity (Wildman–Crippen MR) is 229 cm³/mol. The van der Waals surface area contributed by atoms with Crippen molar-refractivity contribution in [2.24, 2.45) is 10.9 Å². The predicted octanol–water partition coefficient (Wildman–Crippen LogP) is 10.3. The summed E-state index contributed by atoms with van der Waals surface area (Å²) < 4.78 is 107. The SMILES string of the molecule is C[Si](C)(C)CCOCn1ncc(N[C@H]2CCC[C@@H](Cn3cc(N=C(c4ccccc4)c4ccccc4)c4cc(-c5ncc(C(F)(F)F)cn5)c(F)cc4c3=O)C2)c(C(F)(F)F)c1=O. The fourth-order valence-electron chi connectivity index (χ4n) is 7.59. The summed E-state index contributed by atoms with van der Waals surface area (Å²) in [5.74, 6) is -1.53. The van der Waals surface area contributed by atoms with E-state index in [0.717, 1.165) is 29.4 Å². The average Bonchev–Trinajstić information content (AvgIpc) is 3.23. The van der Waals surface area contributed by atoms with Crippen LogP contribution in [0.3, 0.4) is 0 Å². The summed E-state index contributed by atoms with van der Waals surface area (Å²) >= 11 is 0. The molecule has 63 heavy (non-hydrogen) atoms. The largest absolute Gasteiger partial charge is 0.423 e. The monoisotopic (exact) mass is 891 g/mol. The van der Waals surface area contributed by atoms with E-state index in [0.29, 0.717) is 48.5 Å². The van der Waals surface area contributed by atoms with Crippen LogP contribution < -0.4 is 16.4 Å². The molecule has 1 saturated carbocycles. The second-order valence-electron chi connectivity index (χ2n) is 16.8. The lowest BCUT2D eigenvalue weighted by molar-refractivity contribution is -0.139. The second-order valence-corrected chi connectivity index (χ2v) is 22.4. The van der Waals surface area contributed by atoms with Gasteiger partial charge < -0.3 is 14.6 Å². The molecule has 6 aromatic rings. The molecule has 0 radical (unpaired) electrons. The molecule has 10 nitrogen and oxygen atoms in total. The molecule has 0 spiro atoms. The summed E-state index contributed by atoms with van der Waals surface area (Å²) in [6.07, 6.45) is -4.08. The molecular weight excluding hydrogens is 848 g/mol. The quantitative estimate of drug-likeness (QED) is 0.0531. The molecule has 1 aliphatic carbocycles. The zero-order chi connectivity index (χ0) is 45.1. The van der Waals surface area contributed by atoms with Gasteiger partial charge in [0.1, 0.15) is 18.1 Å². The lowest BCUT2D eigenvalue weighted by Gasteiger charge is -2.31. The minimum absolute atomic E-state index is 0.0683. The van der Waals surface area contributed by atoms with Crippen molar-refractivity contribution in [3.05, 3.63) is 146 Å². The van der Waals surface area contributed by atoms with Crippen LogP contribution in [-0.4, -0.2) is 50.7 Å². The average molecular weight is 892 g/mol. The Hall–Kier alpha value is -6.01. The molecule has 0 amide bonds. The number of pyridine rings is 1. The minimum atomic E-state index is -4.99. The van der Waals surface area contributed by atoms with Crippen LogP contribution in [0, 0.1) is 11.7 Å². The first-order valence-electron chi connectivity index (χ1n) is 20.3. The molecular formula is C45H44F7N7O3Si. The summed E-state index contributed by atoms with van der Waals surface area (Å²) in [7, 11) is -1.48. The summed E-state index contributed by atoms with van der Waals surface area (Å²) in [6.45, 7) is 6.34. The highest BCUT2D eigenvalue weighted by Crippen LogP contribution is 2.36. The number of anilines is 1. The van der Waals surface area contributed by atoms with Crippen LogP contribution in [0.1, 0.15) is 47.9 Å². The Balaban J connectivity index is 1.24. The molecule has 2 atom stereocenters. The standard InChI is InChI=1S/C45H44F7N7O3Si/c1-63(2,3)18-17-62-27-59-43(61)39(45(50,51)52)37(24-55-59)56-32-16-10-11-28(19-32)25-58-26-38(57-40(29-12-6-4-7-13-29)30-14-8-5-9-15-30)33-20-35(36(46)21-34(33)42(58)60)41-53-22-31(23-54-41)44(47,48)49/h4-9,12-15,20-24,26,28,32,56H,10-11,16-19,25,27H2,1-3H3/t28-,32+/m1/s1. The first kappa shape index (κ1) is 45.0. The number of hydrogen-bond acceptors (Lipinski definition) is 8. The van der Waals surface area contributed by atoms with Crippen molar-refractivity contribution >= 4 is 35.9 Å². The number of ether oxygens (including phenoxy) is 1. The van der Waals surface area contributed by atoms with Crippen LogP contribution in [-0.2, 0) is 30.4 Å². The van der Waals surface area contributed by atoms with E-state index >= 15 is 4.39 Å². The Bertz CT molecular complexity index is 2680. The summed E-state index contributed by atoms with van der Waals surface area (Å²) in [5, 5.41) is 7.03. The van der Waals surface area contributed by atoms with Crippen LogP contribution in [0.2, 0.25) is 25.7 Å². The molecule has 18 heteroatoms. The Kier molecular flexibility index (Phi) is 13.1. The molecule has 3 heterocycles. The smallest absolute Gasteiger partial charge is 0.380 e. The van der Waals surface area contributed by atoms with Gasteiger partial charge in [-0.2, -0.15) is 31.4 Å². The first-order chi connectivity index (χ1) is 29.9. The van der Waals surface area contributed by atoms with Gasteiger partial charge in [0.05, 0.1) is 39.8 Å². The van der Waals surface area contributed by atoms with E-state index in [9.17, 15) is 35.9 Å². The highest BCUT2D eigenvalue weighted by molar-refractivity contribution is 6.76. The van der Waals surface area contributed by atoms with Gasteiger partial charge in [0.25, 0.3) is 11.1 Å². The lowest BCUT2D eigenvalue weighted by Crippen LogP contribution is -2.36. The molecule has 1 fully saturated rings. The van der Waals surface area contributed by atoms with Gasteiger partial charge in [-0.15, -0.1) is 0 Å². The number of nitrogens with one attached hydrogen (secondary N) is 1. The fraction of sp³-hybridized carbons (Fsp3) is 0.333. The fourth-order valence-corrected chi connectivity index (χ4v) is 8.35. The topological polar surface area (TPSA) is 116 Å². The van der Waals surface area contributed by atoms with Crippen molar-refractivity contribution in [2.75, 3.05) is 11.9 Å². The van der Waals surface area contributed by atoms with Gasteiger partial charge in [-0.25, -0.2) is 24.0 Å². The maximum atomic E-state index is 16.0. The highest BCUT2D eigenvalue weighted by atomic mass is 28.3. The van der Waals surface area contributed by atoms with Gasteiger partial charge >= 0.3 is 12.4 Å². The number of nitrogens with zero attached hydrogens (tertiary/aromatic N) is 6. The van der Waals surface area contributed by atoms with E-state index in [-0.39, 0.29) is 46.9 Å². The maximum absolute atomic E-state index is 16.0. The molecule has 0 bridgehead atoms. The number of aromatic nitrogens is 5. The van der Waals surface area contributed by atoms with Gasteiger partial charge in [0.2, 0.25) is 0 Å². The number of halogens is 7. The molecule has 3 aromatic carbocycles. The van der Waals surface area contributed by atoms with Crippen LogP contribution in [0.4, 0.5) is 42.1 Å². The molecule has 0 unspecified atom stereocenters. The Labute approximate surface area is 358 Å². The zero-order valence-corrected chi connectivity index (χ0v) is 35.6. The van der Waals surface area contributed by atoms with Crippen LogP contribution in [0.25, 0.3) is 22.2 Å². The highest BCUT2D eigenvalue weighted by Gasteiger charge is 2.39. The van der Waals surface area contributed by atoms with Gasteiger partial charge in [-0.3, -0.25) is 9.59 Å². The third kappa shape index (κ3) is 10.8. The van der Waals surface area contributed by atoms with Crippen molar-refractivity contribution in [3.8, 4) is 11.4 Å². The summed E-state index contributed by atoms with van der Waals surface area (Å²) in [5.41, 5.74) is -2.92. The molecule has 1 N–H and O–H groups in total. The molecule has 7 rings (SSSR count). The number of fused-ring (bicyclic) bond motifs is 1. The van der Waals surface area contributed by atoms with E-state index in [2.05, 4.69) is 40.0 Å². The molecule has 0 aliphatic heterocycles. The van der Waals surface area contributed by atoms with E-state index < -0.39 is 66.9 Å². The Morgan fingerprint density at radius 3 is 2.11 bits per heavy atom. The molecule has 3 aromatic heterocycles. The van der Waals surface area contributed by atoms with Crippen molar-refractivity contribution in [1.29, 1.82) is 0 Å². The summed E-state index contributed by atoms with van der Waals surface area (Å²) in [4.78, 5) is 40.0. The van der Waals surface area contributed by atoms with Crippen LogP contribution in [0.15, 0.2) is 112 Å². The summed E-state index contributed by atoms with van der Waals surface area (Å²) in [6, 6.07) is 21.0. The third-order valence-electron chi connectivity index (χ3n) is 10.8. The number of alkyl halides is 6. The van der Waals surface area contributed by atoms with E-state index in [1.165, 1.54) is 16.8 Å². The molecule has 1 aliphatic rings. The van der Waals surface area contributed by atoms with Gasteiger partial charge in [0, 0.05) is 62.4 Å². The molecule has 0 saturated heterocycles. The van der Waals surface area contributed by atoms with E-state index in [1.54, 1.807) is 0 Å². The first-order valence-corrected chi connectivity index (χ1v) is 24.0. The number of rotatable bonds is 13. The van der Waals surface area contributed by atoms with Gasteiger partial charge in [0.15, 0.2) is 5.82 Å². The maximum Gasteiger partial charge on any atom is 0.423 e. The Morgan fingerprint density at radius 2 is 1.51 bits per heavy atom. The number of hydrogen-bond donors (Lipinski definition) is 1. The van der Waals surface area contributed by atoms with Crippen LogP contribution >= 0.6 is 0 Å². The van der Waals surface area contributed by atoms with E-state index in [1.807, 2.05) is 60.7 Å².